The predicted octanol–water partition coefficient (Wildman–Crippen LogP) is 3.91. The molecule has 0 radical (unpaired) electrons. The molecule has 0 atom stereocenters. The Hall–Kier alpha value is -1.03. The van der Waals surface area contributed by atoms with Crippen LogP contribution in [0.5, 0.6) is 0 Å². The number of halogens is 1. The van der Waals surface area contributed by atoms with Gasteiger partial charge in [0.15, 0.2) is 0 Å². The molecule has 0 aliphatic heterocycles. The summed E-state index contributed by atoms with van der Waals surface area (Å²) in [4.78, 5) is 20.9. The van der Waals surface area contributed by atoms with Gasteiger partial charge in [0.05, 0.1) is 11.1 Å². The van der Waals surface area contributed by atoms with E-state index < -0.39 is 11.9 Å². The summed E-state index contributed by atoms with van der Waals surface area (Å²) in [7, 11) is 5.34. The monoisotopic (exact) mass is 335 g/mol. The van der Waals surface area contributed by atoms with E-state index >= 15 is 0 Å². The van der Waals surface area contributed by atoms with Crippen LogP contribution in [0.2, 0.25) is 5.32 Å². The van der Waals surface area contributed by atoms with Gasteiger partial charge in [0.1, 0.15) is 0 Å². The molecule has 6 heteroatoms. The third kappa shape index (κ3) is 7.88. The van der Waals surface area contributed by atoms with Gasteiger partial charge in [-0.3, -0.25) is 0 Å². The Bertz CT molecular complexity index is 372. The molecule has 0 aliphatic carbocycles. The van der Waals surface area contributed by atoms with Crippen LogP contribution in [-0.4, -0.2) is 22.2 Å². The first-order chi connectivity index (χ1) is 9.04. The zero-order valence-corrected chi connectivity index (χ0v) is 12.2. The van der Waals surface area contributed by atoms with Crippen LogP contribution >= 0.6 is 10.1 Å². The molecule has 0 unspecified atom stereocenters. The molecule has 4 nitrogen and oxygen atoms in total. The van der Waals surface area contributed by atoms with Crippen molar-refractivity contribution in [2.45, 2.75) is 31.5 Å². The first kappa shape index (κ1) is 18.0. The van der Waals surface area contributed by atoms with Crippen molar-refractivity contribution in [3.63, 3.8) is 0 Å². The summed E-state index contributed by atoms with van der Waals surface area (Å²) in [5.41, 5.74) is -0.380. The van der Waals surface area contributed by atoms with E-state index in [1.54, 1.807) is 0 Å². The fraction of sp³-hybridized carbons (Fsp3) is 0.385. The van der Waals surface area contributed by atoms with Gasteiger partial charge in [-0.25, -0.2) is 9.59 Å². The molecule has 2 N–H and O–H groups in total. The maximum atomic E-state index is 10.5. The van der Waals surface area contributed by atoms with E-state index in [0.29, 0.717) is 0 Å². The Morgan fingerprint density at radius 1 is 1.11 bits per heavy atom. The Kier molecular flexibility index (Phi) is 10.3. The predicted molar refractivity (Wildman–Crippen MR) is 70.5 cm³/mol. The SMILES string of the molecule is CCCC[CH2][Cu][Cl].O=C(O)c1ccccc1C(=O)O. The normalized spacial score (nSPS) is 9.58. The van der Waals surface area contributed by atoms with Gasteiger partial charge < -0.3 is 10.2 Å². The van der Waals surface area contributed by atoms with Gasteiger partial charge >= 0.3 is 67.6 Å². The number of carboxylic acids is 2. The molecule has 0 amide bonds. The molecule has 0 aromatic heterocycles. The summed E-state index contributed by atoms with van der Waals surface area (Å²) in [6.07, 6.45) is 3.87. The zero-order chi connectivity index (χ0) is 14.7. The molecule has 0 saturated heterocycles. The second kappa shape index (κ2) is 10.9. The minimum Gasteiger partial charge on any atom is -0.478 e. The second-order valence-electron chi connectivity index (χ2n) is 3.59. The number of hydrogen-bond donors (Lipinski definition) is 2. The standard InChI is InChI=1S/C8H6O4.C5H11.ClH.Cu/c9-7(10)5-3-1-2-4-6(5)8(11)12;1-3-5-4-2;;/h1-4H,(H,9,10)(H,11,12);1,3-5H2,2H3;1H;/q;;;+1/p-1. The summed E-state index contributed by atoms with van der Waals surface area (Å²) in [6.45, 7) is 2.19. The summed E-state index contributed by atoms with van der Waals surface area (Å²) in [5.74, 6) is -2.46. The van der Waals surface area contributed by atoms with E-state index in [4.69, 9.17) is 20.3 Å². The van der Waals surface area contributed by atoms with Gasteiger partial charge in [-0.05, 0) is 12.1 Å². The molecule has 1 rings (SSSR count). The zero-order valence-electron chi connectivity index (χ0n) is 10.5. The van der Waals surface area contributed by atoms with Crippen molar-refractivity contribution in [1.29, 1.82) is 0 Å². The van der Waals surface area contributed by atoms with Gasteiger partial charge in [0, 0.05) is 0 Å². The van der Waals surface area contributed by atoms with Crippen LogP contribution in [0.15, 0.2) is 24.3 Å². The Morgan fingerprint density at radius 3 is 1.89 bits per heavy atom. The van der Waals surface area contributed by atoms with Crippen molar-refractivity contribution in [3.05, 3.63) is 35.4 Å². The third-order valence-corrected chi connectivity index (χ3v) is 3.14. The van der Waals surface area contributed by atoms with Crippen molar-refractivity contribution in [3.8, 4) is 0 Å². The van der Waals surface area contributed by atoms with E-state index in [1.807, 2.05) is 0 Å². The smallest absolute Gasteiger partial charge is 0.336 e. The van der Waals surface area contributed by atoms with Gasteiger partial charge in [0.25, 0.3) is 0 Å². The minimum absolute atomic E-state index is 0.190. The number of rotatable bonds is 6. The largest absolute Gasteiger partial charge is 0.478 e. The van der Waals surface area contributed by atoms with E-state index in [2.05, 4.69) is 6.92 Å². The third-order valence-electron chi connectivity index (χ3n) is 2.16. The number of benzene rings is 1. The van der Waals surface area contributed by atoms with Crippen LogP contribution in [0.3, 0.4) is 0 Å². The molecule has 0 saturated carbocycles. The van der Waals surface area contributed by atoms with Crippen LogP contribution in [0, 0.1) is 0 Å². The molecule has 19 heavy (non-hydrogen) atoms. The molecule has 0 spiro atoms. The first-order valence-electron chi connectivity index (χ1n) is 5.72. The molecular weight excluding hydrogens is 319 g/mol. The maximum absolute atomic E-state index is 10.5. The second-order valence-corrected chi connectivity index (χ2v) is 4.98. The maximum Gasteiger partial charge on any atom is 0.336 e. The summed E-state index contributed by atoms with van der Waals surface area (Å²) in [5, 5.41) is 18.2. The fourth-order valence-electron chi connectivity index (χ4n) is 1.22. The van der Waals surface area contributed by atoms with E-state index in [-0.39, 0.29) is 11.1 Å². The fourth-order valence-corrected chi connectivity index (χ4v) is 1.92. The molecule has 1 aromatic carbocycles. The number of hydrogen-bond acceptors (Lipinski definition) is 2. The van der Waals surface area contributed by atoms with Crippen molar-refractivity contribution < 1.29 is 33.8 Å². The van der Waals surface area contributed by atoms with E-state index in [1.165, 1.54) is 57.6 Å². The minimum atomic E-state index is -1.23. The summed E-state index contributed by atoms with van der Waals surface area (Å²) < 4.78 is 0. The van der Waals surface area contributed by atoms with Crippen LogP contribution in [0.4, 0.5) is 0 Å². The van der Waals surface area contributed by atoms with E-state index in [0.717, 1.165) is 5.32 Å². The van der Waals surface area contributed by atoms with Gasteiger partial charge in [-0.15, -0.1) is 0 Å². The number of aromatic carboxylic acids is 2. The first-order valence-corrected chi connectivity index (χ1v) is 7.68. The van der Waals surface area contributed by atoms with Gasteiger partial charge in [-0.1, -0.05) is 12.1 Å². The van der Waals surface area contributed by atoms with Crippen molar-refractivity contribution in [1.82, 2.24) is 0 Å². The van der Waals surface area contributed by atoms with Crippen molar-refractivity contribution in [2.24, 2.45) is 0 Å². The number of unbranched alkanes of at least 4 members (excludes halogenated alkanes) is 2. The molecule has 0 aliphatic rings. The average Bonchev–Trinajstić information content (AvgIpc) is 2.40. The van der Waals surface area contributed by atoms with Crippen LogP contribution in [0.25, 0.3) is 0 Å². The van der Waals surface area contributed by atoms with E-state index in [9.17, 15) is 9.59 Å². The van der Waals surface area contributed by atoms with Crippen LogP contribution < -0.4 is 0 Å². The molecule has 0 bridgehead atoms. The van der Waals surface area contributed by atoms with Crippen LogP contribution in [-0.2, 0) is 14.0 Å². The quantitative estimate of drug-likeness (QED) is 0.610. The van der Waals surface area contributed by atoms with Crippen molar-refractivity contribution >= 4 is 22.0 Å². The number of carboxylic acid groups (broad SMARTS) is 2. The average molecular weight is 336 g/mol. The molecule has 0 heterocycles. The van der Waals surface area contributed by atoms with Crippen molar-refractivity contribution in [2.75, 3.05) is 0 Å². The molecule has 1 aromatic rings. The number of carbonyl (C=O) groups is 2. The van der Waals surface area contributed by atoms with Crippen LogP contribution in [0.1, 0.15) is 46.9 Å². The Morgan fingerprint density at radius 2 is 1.58 bits per heavy atom. The molecule has 0 fully saturated rings. The molecular formula is C13H17ClCuO4. The molecule has 111 valence electrons. The summed E-state index contributed by atoms with van der Waals surface area (Å²) in [6, 6.07) is 5.48. The topological polar surface area (TPSA) is 74.6 Å². The van der Waals surface area contributed by atoms with Gasteiger partial charge in [0.2, 0.25) is 0 Å². The van der Waals surface area contributed by atoms with Gasteiger partial charge in [-0.2, -0.15) is 0 Å². The Balaban J connectivity index is 0.000000399. The Labute approximate surface area is 123 Å². The summed E-state index contributed by atoms with van der Waals surface area (Å²) >= 11 is 1.49.